The molecule has 1 saturated heterocycles. The lowest BCUT2D eigenvalue weighted by molar-refractivity contribution is 0.0299. The molecular formula is C23H23N5O3. The zero-order chi connectivity index (χ0) is 21.6. The fourth-order valence-corrected chi connectivity index (χ4v) is 3.31. The summed E-state index contributed by atoms with van der Waals surface area (Å²) in [6.45, 7) is 2.38. The van der Waals surface area contributed by atoms with Crippen molar-refractivity contribution in [1.29, 1.82) is 0 Å². The molecule has 1 aromatic heterocycles. The molecule has 8 nitrogen and oxygen atoms in total. The van der Waals surface area contributed by atoms with Crippen molar-refractivity contribution in [2.24, 2.45) is 0 Å². The number of benzene rings is 2. The Bertz CT molecular complexity index is 1080. The van der Waals surface area contributed by atoms with E-state index in [2.05, 4.69) is 15.3 Å². The van der Waals surface area contributed by atoms with Gasteiger partial charge in [0.2, 0.25) is 0 Å². The van der Waals surface area contributed by atoms with Crippen LogP contribution in [0.2, 0.25) is 0 Å². The van der Waals surface area contributed by atoms with Crippen molar-refractivity contribution in [1.82, 2.24) is 20.2 Å². The normalized spacial score (nSPS) is 13.6. The van der Waals surface area contributed by atoms with Crippen LogP contribution < -0.4 is 11.1 Å². The van der Waals surface area contributed by atoms with Crippen molar-refractivity contribution in [3.05, 3.63) is 77.6 Å². The number of nitrogens with zero attached hydrogens (tertiary/aromatic N) is 3. The average Bonchev–Trinajstić information content (AvgIpc) is 2.83. The summed E-state index contributed by atoms with van der Waals surface area (Å²) >= 11 is 0. The van der Waals surface area contributed by atoms with Gasteiger partial charge in [-0.3, -0.25) is 9.59 Å². The summed E-state index contributed by atoms with van der Waals surface area (Å²) in [5.74, 6) is -0.386. The molecule has 1 aliphatic rings. The van der Waals surface area contributed by atoms with Crippen LogP contribution in [0.25, 0.3) is 11.3 Å². The van der Waals surface area contributed by atoms with Crippen molar-refractivity contribution >= 4 is 17.6 Å². The number of ether oxygens (including phenoxy) is 1. The number of anilines is 1. The molecule has 8 heteroatoms. The smallest absolute Gasteiger partial charge is 0.276 e. The molecule has 2 aromatic carbocycles. The lowest BCUT2D eigenvalue weighted by Gasteiger charge is -2.26. The van der Waals surface area contributed by atoms with Gasteiger partial charge in [-0.05, 0) is 17.7 Å². The van der Waals surface area contributed by atoms with E-state index < -0.39 is 0 Å². The van der Waals surface area contributed by atoms with E-state index in [-0.39, 0.29) is 23.3 Å². The van der Waals surface area contributed by atoms with Gasteiger partial charge < -0.3 is 20.7 Å². The number of carbonyl (C=O) groups excluding carboxylic acids is 2. The Balaban J connectivity index is 1.53. The molecular weight excluding hydrogens is 394 g/mol. The van der Waals surface area contributed by atoms with Crippen LogP contribution in [0.15, 0.2) is 60.8 Å². The topological polar surface area (TPSA) is 110 Å². The summed E-state index contributed by atoms with van der Waals surface area (Å²) < 4.78 is 5.29. The maximum Gasteiger partial charge on any atom is 0.276 e. The summed E-state index contributed by atoms with van der Waals surface area (Å²) in [6, 6.07) is 16.7. The summed E-state index contributed by atoms with van der Waals surface area (Å²) in [7, 11) is 0. The molecule has 31 heavy (non-hydrogen) atoms. The van der Waals surface area contributed by atoms with Gasteiger partial charge in [-0.1, -0.05) is 42.5 Å². The largest absolute Gasteiger partial charge is 0.382 e. The molecule has 0 bridgehead atoms. The maximum absolute atomic E-state index is 12.8. The van der Waals surface area contributed by atoms with E-state index in [4.69, 9.17) is 10.5 Å². The number of aromatic nitrogens is 2. The molecule has 0 radical (unpaired) electrons. The van der Waals surface area contributed by atoms with E-state index in [9.17, 15) is 9.59 Å². The predicted molar refractivity (Wildman–Crippen MR) is 116 cm³/mol. The minimum atomic E-state index is -0.271. The Kier molecular flexibility index (Phi) is 6.18. The number of carbonyl (C=O) groups is 2. The Morgan fingerprint density at radius 3 is 2.61 bits per heavy atom. The molecule has 0 spiro atoms. The monoisotopic (exact) mass is 417 g/mol. The Hall–Kier alpha value is -3.78. The van der Waals surface area contributed by atoms with Crippen LogP contribution in [0, 0.1) is 0 Å². The molecule has 0 aliphatic carbocycles. The molecule has 1 aliphatic heterocycles. The highest BCUT2D eigenvalue weighted by Gasteiger charge is 2.23. The number of nitrogen functional groups attached to an aromatic ring is 1. The average molecular weight is 417 g/mol. The Morgan fingerprint density at radius 2 is 1.84 bits per heavy atom. The highest BCUT2D eigenvalue weighted by Crippen LogP contribution is 2.21. The van der Waals surface area contributed by atoms with E-state index in [1.165, 1.54) is 6.20 Å². The van der Waals surface area contributed by atoms with Gasteiger partial charge in [0, 0.05) is 30.8 Å². The van der Waals surface area contributed by atoms with Gasteiger partial charge in [0.25, 0.3) is 11.8 Å². The highest BCUT2D eigenvalue weighted by molar-refractivity contribution is 5.97. The van der Waals surface area contributed by atoms with Crippen LogP contribution in [0.3, 0.4) is 0 Å². The van der Waals surface area contributed by atoms with Crippen LogP contribution in [0.1, 0.15) is 26.4 Å². The minimum Gasteiger partial charge on any atom is -0.382 e. The van der Waals surface area contributed by atoms with E-state index >= 15 is 0 Å². The third kappa shape index (κ3) is 4.87. The number of hydrogen-bond donors (Lipinski definition) is 2. The Labute approximate surface area is 180 Å². The van der Waals surface area contributed by atoms with Crippen molar-refractivity contribution in [3.63, 3.8) is 0 Å². The van der Waals surface area contributed by atoms with Gasteiger partial charge in [0.1, 0.15) is 0 Å². The van der Waals surface area contributed by atoms with Gasteiger partial charge in [0.05, 0.1) is 25.1 Å². The molecule has 2 amide bonds. The first-order valence-electron chi connectivity index (χ1n) is 10.0. The van der Waals surface area contributed by atoms with Crippen LogP contribution in [0.4, 0.5) is 5.82 Å². The first-order chi connectivity index (χ1) is 15.1. The molecule has 0 saturated carbocycles. The van der Waals surface area contributed by atoms with Gasteiger partial charge in [-0.15, -0.1) is 0 Å². The highest BCUT2D eigenvalue weighted by atomic mass is 16.5. The van der Waals surface area contributed by atoms with Crippen LogP contribution in [-0.4, -0.2) is 53.0 Å². The first-order valence-corrected chi connectivity index (χ1v) is 10.0. The van der Waals surface area contributed by atoms with Crippen molar-refractivity contribution in [3.8, 4) is 11.3 Å². The van der Waals surface area contributed by atoms with Crippen LogP contribution >= 0.6 is 0 Å². The summed E-state index contributed by atoms with van der Waals surface area (Å²) in [4.78, 5) is 35.7. The molecule has 0 unspecified atom stereocenters. The van der Waals surface area contributed by atoms with E-state index in [0.29, 0.717) is 49.7 Å². The van der Waals surface area contributed by atoms with Gasteiger partial charge in [-0.25, -0.2) is 9.97 Å². The Morgan fingerprint density at radius 1 is 1.06 bits per heavy atom. The molecule has 3 aromatic rings. The fraction of sp³-hybridized carbons (Fsp3) is 0.217. The molecule has 1 fully saturated rings. The number of amides is 2. The van der Waals surface area contributed by atoms with E-state index in [1.54, 1.807) is 23.1 Å². The molecule has 4 rings (SSSR count). The predicted octanol–water partition coefficient (Wildman–Crippen LogP) is 2.13. The van der Waals surface area contributed by atoms with Crippen molar-refractivity contribution < 1.29 is 14.3 Å². The van der Waals surface area contributed by atoms with Gasteiger partial charge >= 0.3 is 0 Å². The fourth-order valence-electron chi connectivity index (χ4n) is 3.31. The van der Waals surface area contributed by atoms with Crippen molar-refractivity contribution in [2.45, 2.75) is 6.54 Å². The molecule has 158 valence electrons. The van der Waals surface area contributed by atoms with Crippen LogP contribution in [0.5, 0.6) is 0 Å². The third-order valence-corrected chi connectivity index (χ3v) is 5.02. The number of morpholine rings is 1. The van der Waals surface area contributed by atoms with E-state index in [0.717, 1.165) is 5.56 Å². The zero-order valence-corrected chi connectivity index (χ0v) is 17.0. The second kappa shape index (κ2) is 9.36. The second-order valence-electron chi connectivity index (χ2n) is 7.14. The van der Waals surface area contributed by atoms with Gasteiger partial charge in [0.15, 0.2) is 11.5 Å². The number of hydrogen-bond acceptors (Lipinski definition) is 6. The van der Waals surface area contributed by atoms with Gasteiger partial charge in [-0.2, -0.15) is 0 Å². The number of rotatable bonds is 5. The molecule has 2 heterocycles. The summed E-state index contributed by atoms with van der Waals surface area (Å²) in [5, 5.41) is 2.91. The standard InChI is InChI=1S/C23H23N5O3/c24-21-20(23(30)28-9-11-31-12-10-28)27-19(15-25-21)17-7-4-8-18(13-17)22(29)26-14-16-5-2-1-3-6-16/h1-8,13,15H,9-12,14H2,(H2,24,25)(H,26,29). The maximum atomic E-state index is 12.8. The van der Waals surface area contributed by atoms with Crippen LogP contribution in [-0.2, 0) is 11.3 Å². The minimum absolute atomic E-state index is 0.0806. The molecule has 3 N–H and O–H groups in total. The number of nitrogens with one attached hydrogen (secondary N) is 1. The van der Waals surface area contributed by atoms with E-state index in [1.807, 2.05) is 36.4 Å². The third-order valence-electron chi connectivity index (χ3n) is 5.02. The summed E-state index contributed by atoms with van der Waals surface area (Å²) in [6.07, 6.45) is 1.51. The quantitative estimate of drug-likeness (QED) is 0.658. The lowest BCUT2D eigenvalue weighted by atomic mass is 10.1. The summed E-state index contributed by atoms with van der Waals surface area (Å²) in [5.41, 5.74) is 8.70. The SMILES string of the molecule is Nc1ncc(-c2cccc(C(=O)NCc3ccccc3)c2)nc1C(=O)N1CCOCC1. The second-order valence-corrected chi connectivity index (χ2v) is 7.14. The molecule has 0 atom stereocenters. The zero-order valence-electron chi connectivity index (χ0n) is 17.0. The lowest BCUT2D eigenvalue weighted by Crippen LogP contribution is -2.41. The van der Waals surface area contributed by atoms with Crippen molar-refractivity contribution in [2.75, 3.05) is 32.0 Å². The number of nitrogens with two attached hydrogens (primary N) is 1. The first kappa shape index (κ1) is 20.5.